The van der Waals surface area contributed by atoms with E-state index in [4.69, 9.17) is 16.6 Å². The summed E-state index contributed by atoms with van der Waals surface area (Å²) in [5.41, 5.74) is 3.82. The number of rotatable bonds is 6. The summed E-state index contributed by atoms with van der Waals surface area (Å²) >= 11 is 8.51. The van der Waals surface area contributed by atoms with Crippen molar-refractivity contribution in [3.05, 3.63) is 27.5 Å². The van der Waals surface area contributed by atoms with Crippen molar-refractivity contribution in [3.63, 3.8) is 0 Å². The Morgan fingerprint density at radius 2 is 2.14 bits per heavy atom. The van der Waals surface area contributed by atoms with E-state index in [1.54, 1.807) is 0 Å². The fourth-order valence-corrected chi connectivity index (χ4v) is 5.10. The van der Waals surface area contributed by atoms with Crippen LogP contribution in [0, 0.1) is 0 Å². The van der Waals surface area contributed by atoms with E-state index in [0.717, 1.165) is 35.7 Å². The summed E-state index contributed by atoms with van der Waals surface area (Å²) in [7, 11) is 0. The molecule has 0 bridgehead atoms. The van der Waals surface area contributed by atoms with Crippen LogP contribution in [0.4, 0.5) is 0 Å². The molecule has 1 unspecified atom stereocenters. The molecule has 0 N–H and O–H groups in total. The number of fused-ring (bicyclic) bond motifs is 2. The van der Waals surface area contributed by atoms with E-state index in [0.29, 0.717) is 22.4 Å². The molecule has 2 aliphatic heterocycles. The van der Waals surface area contributed by atoms with Crippen LogP contribution >= 0.6 is 23.4 Å². The number of nitrogens with zero attached hydrogens (tertiary/aromatic N) is 2. The number of amides is 1. The van der Waals surface area contributed by atoms with E-state index >= 15 is 0 Å². The number of hydrogen-bond acceptors (Lipinski definition) is 3. The number of thioether (sulfide) groups is 1. The van der Waals surface area contributed by atoms with E-state index in [2.05, 4.69) is 13.8 Å². The van der Waals surface area contributed by atoms with Crippen LogP contribution in [-0.4, -0.2) is 22.3 Å². The Hall–Kier alpha value is -0.740. The van der Waals surface area contributed by atoms with Gasteiger partial charge in [-0.05, 0) is 12.8 Å². The van der Waals surface area contributed by atoms with E-state index in [1.807, 2.05) is 16.7 Å². The second-order valence-electron chi connectivity index (χ2n) is 6.13. The lowest BCUT2D eigenvalue weighted by Gasteiger charge is -2.13. The minimum absolute atomic E-state index is 0.0663. The third kappa shape index (κ3) is 2.76. The summed E-state index contributed by atoms with van der Waals surface area (Å²) in [4.78, 5) is 19.2. The quantitative estimate of drug-likeness (QED) is 0.686. The van der Waals surface area contributed by atoms with Crippen molar-refractivity contribution in [2.45, 2.75) is 63.5 Å². The molecule has 1 aromatic rings. The molecule has 3 nitrogen and oxygen atoms in total. The second-order valence-corrected chi connectivity index (χ2v) is 7.70. The van der Waals surface area contributed by atoms with Gasteiger partial charge in [-0.1, -0.05) is 44.7 Å². The molecule has 0 radical (unpaired) electrons. The first kappa shape index (κ1) is 16.1. The van der Waals surface area contributed by atoms with E-state index in [1.165, 1.54) is 25.7 Å². The Labute approximate surface area is 141 Å². The summed E-state index contributed by atoms with van der Waals surface area (Å²) in [5, 5.41) is 1.13. The van der Waals surface area contributed by atoms with Crippen molar-refractivity contribution in [1.82, 2.24) is 9.88 Å². The molecule has 0 aromatic carbocycles. The third-order valence-corrected chi connectivity index (χ3v) is 6.21. The van der Waals surface area contributed by atoms with Gasteiger partial charge < -0.3 is 4.90 Å². The molecule has 0 saturated carbocycles. The molecule has 1 aromatic heterocycles. The number of pyridine rings is 1. The highest BCUT2D eigenvalue weighted by Crippen LogP contribution is 2.48. The van der Waals surface area contributed by atoms with Crippen LogP contribution in [0.15, 0.2) is 0 Å². The maximum Gasteiger partial charge on any atom is 0.257 e. The van der Waals surface area contributed by atoms with Gasteiger partial charge in [0, 0.05) is 23.1 Å². The number of hydrogen-bond donors (Lipinski definition) is 0. The van der Waals surface area contributed by atoms with Gasteiger partial charge in [-0.2, -0.15) is 0 Å². The van der Waals surface area contributed by atoms with Gasteiger partial charge in [0.15, 0.2) is 0 Å². The number of aromatic nitrogens is 1. The molecular weight excluding hydrogens is 316 g/mol. The van der Waals surface area contributed by atoms with Crippen LogP contribution in [0.25, 0.3) is 0 Å². The van der Waals surface area contributed by atoms with Gasteiger partial charge in [0.2, 0.25) is 0 Å². The molecule has 0 aliphatic carbocycles. The van der Waals surface area contributed by atoms with Crippen molar-refractivity contribution in [3.8, 4) is 0 Å². The predicted molar refractivity (Wildman–Crippen MR) is 92.5 cm³/mol. The molecule has 1 amide bonds. The monoisotopic (exact) mass is 338 g/mol. The molecule has 2 aliphatic rings. The zero-order valence-electron chi connectivity index (χ0n) is 13.3. The minimum Gasteiger partial charge on any atom is -0.333 e. The topological polar surface area (TPSA) is 33.2 Å². The van der Waals surface area contributed by atoms with Crippen LogP contribution in [0.1, 0.15) is 78.5 Å². The summed E-state index contributed by atoms with van der Waals surface area (Å²) in [6.07, 6.45) is 5.88. The van der Waals surface area contributed by atoms with Crippen LogP contribution in [0.3, 0.4) is 0 Å². The average molecular weight is 339 g/mol. The SMILES string of the molecule is CCCCCC1SCc2c1nc1c(c2Cl)C(=O)N(CCC)C1. The van der Waals surface area contributed by atoms with Crippen molar-refractivity contribution in [1.29, 1.82) is 0 Å². The number of unbranched alkanes of at least 4 members (excludes halogenated alkanes) is 2. The maximum absolute atomic E-state index is 12.5. The summed E-state index contributed by atoms with van der Waals surface area (Å²) < 4.78 is 0. The van der Waals surface area contributed by atoms with Crippen molar-refractivity contribution < 1.29 is 4.79 Å². The third-order valence-electron chi connectivity index (χ3n) is 4.48. The normalized spacial score (nSPS) is 19.7. The Kier molecular flexibility index (Phi) is 4.98. The van der Waals surface area contributed by atoms with Gasteiger partial charge in [0.25, 0.3) is 5.91 Å². The van der Waals surface area contributed by atoms with E-state index in [9.17, 15) is 4.79 Å². The maximum atomic E-state index is 12.5. The number of carbonyl (C=O) groups excluding carboxylic acids is 1. The zero-order chi connectivity index (χ0) is 15.7. The van der Waals surface area contributed by atoms with Crippen molar-refractivity contribution in [2.24, 2.45) is 0 Å². The molecular formula is C17H23ClN2OS. The lowest BCUT2D eigenvalue weighted by Crippen LogP contribution is -2.24. The molecule has 1 atom stereocenters. The first-order valence-corrected chi connectivity index (χ1v) is 9.72. The van der Waals surface area contributed by atoms with Gasteiger partial charge >= 0.3 is 0 Å². The Morgan fingerprint density at radius 1 is 1.32 bits per heavy atom. The minimum atomic E-state index is 0.0663. The van der Waals surface area contributed by atoms with Crippen molar-refractivity contribution in [2.75, 3.05) is 6.54 Å². The average Bonchev–Trinajstić information content (AvgIpc) is 3.03. The number of carbonyl (C=O) groups is 1. The fraction of sp³-hybridized carbons (Fsp3) is 0.647. The highest BCUT2D eigenvalue weighted by molar-refractivity contribution is 7.99. The lowest BCUT2D eigenvalue weighted by molar-refractivity contribution is 0.0778. The van der Waals surface area contributed by atoms with E-state index in [-0.39, 0.29) is 5.91 Å². The summed E-state index contributed by atoms with van der Waals surface area (Å²) in [6.45, 7) is 5.73. The zero-order valence-corrected chi connectivity index (χ0v) is 14.9. The largest absolute Gasteiger partial charge is 0.333 e. The van der Waals surface area contributed by atoms with Crippen molar-refractivity contribution >= 4 is 29.3 Å². The highest BCUT2D eigenvalue weighted by atomic mass is 35.5. The van der Waals surface area contributed by atoms with Gasteiger partial charge in [-0.25, -0.2) is 0 Å². The first-order valence-electron chi connectivity index (χ1n) is 8.29. The molecule has 3 rings (SSSR count). The Morgan fingerprint density at radius 3 is 2.86 bits per heavy atom. The molecule has 0 spiro atoms. The summed E-state index contributed by atoms with van der Waals surface area (Å²) in [5.74, 6) is 0.961. The Balaban J connectivity index is 1.87. The highest BCUT2D eigenvalue weighted by Gasteiger charge is 2.36. The fourth-order valence-electron chi connectivity index (χ4n) is 3.32. The van der Waals surface area contributed by atoms with Crippen LogP contribution in [0.5, 0.6) is 0 Å². The van der Waals surface area contributed by atoms with Gasteiger partial charge in [-0.3, -0.25) is 9.78 Å². The van der Waals surface area contributed by atoms with Gasteiger partial charge in [-0.15, -0.1) is 11.8 Å². The molecule has 120 valence electrons. The molecule has 22 heavy (non-hydrogen) atoms. The Bertz CT molecular complexity index is 591. The standard InChI is InChI=1S/C17H23ClN2OS/c1-3-5-6-7-13-16-11(10-22-13)15(18)14-12(19-16)9-20(8-4-2)17(14)21/h13H,3-10H2,1-2H3. The molecule has 0 saturated heterocycles. The smallest absolute Gasteiger partial charge is 0.257 e. The van der Waals surface area contributed by atoms with Crippen LogP contribution in [-0.2, 0) is 12.3 Å². The van der Waals surface area contributed by atoms with Gasteiger partial charge in [0.05, 0.1) is 28.5 Å². The van der Waals surface area contributed by atoms with E-state index < -0.39 is 0 Å². The second kappa shape index (κ2) is 6.79. The van der Waals surface area contributed by atoms with Crippen LogP contribution < -0.4 is 0 Å². The van der Waals surface area contributed by atoms with Gasteiger partial charge in [0.1, 0.15) is 0 Å². The molecule has 0 fully saturated rings. The summed E-state index contributed by atoms with van der Waals surface area (Å²) in [6, 6.07) is 0. The number of halogens is 1. The lowest BCUT2D eigenvalue weighted by atomic mass is 10.0. The first-order chi connectivity index (χ1) is 10.7. The predicted octanol–water partition coefficient (Wildman–Crippen LogP) is 4.97. The molecule has 3 heterocycles. The molecule has 5 heteroatoms. The van der Waals surface area contributed by atoms with Crippen LogP contribution in [0.2, 0.25) is 5.02 Å².